The summed E-state index contributed by atoms with van der Waals surface area (Å²) in [6.07, 6.45) is -0.107. The molecule has 1 unspecified atom stereocenters. The summed E-state index contributed by atoms with van der Waals surface area (Å²) in [5.41, 5.74) is 0. The lowest BCUT2D eigenvalue weighted by atomic mass is 10.3. The van der Waals surface area contributed by atoms with E-state index in [4.69, 9.17) is 9.47 Å². The van der Waals surface area contributed by atoms with Gasteiger partial charge in [0.1, 0.15) is 0 Å². The third-order valence-electron chi connectivity index (χ3n) is 3.65. The van der Waals surface area contributed by atoms with Crippen molar-refractivity contribution < 1.29 is 22.7 Å². The molecular weight excluding hydrogens is 298 g/mol. The fourth-order valence-corrected chi connectivity index (χ4v) is 3.40. The molecule has 0 aromatic rings. The topological polar surface area (TPSA) is 88.2 Å². The van der Waals surface area contributed by atoms with Gasteiger partial charge in [0.05, 0.1) is 31.7 Å². The average Bonchev–Trinajstić information content (AvgIpc) is 2.53. The van der Waals surface area contributed by atoms with E-state index in [0.717, 1.165) is 0 Å². The molecule has 0 saturated carbocycles. The minimum atomic E-state index is -3.16. The molecule has 0 spiro atoms. The molecule has 1 atom stereocenters. The molecule has 8 nitrogen and oxygen atoms in total. The lowest BCUT2D eigenvalue weighted by molar-refractivity contribution is -0.0856. The highest BCUT2D eigenvalue weighted by atomic mass is 32.2. The van der Waals surface area contributed by atoms with Gasteiger partial charge in [-0.15, -0.1) is 0 Å². The van der Waals surface area contributed by atoms with E-state index in [1.165, 1.54) is 4.31 Å². The number of nitrogens with one attached hydrogen (secondary N) is 1. The van der Waals surface area contributed by atoms with E-state index < -0.39 is 10.0 Å². The first-order valence-corrected chi connectivity index (χ1v) is 8.84. The first kappa shape index (κ1) is 16.5. The van der Waals surface area contributed by atoms with Gasteiger partial charge in [-0.3, -0.25) is 0 Å². The molecule has 0 aromatic carbocycles. The number of sulfonamides is 1. The molecule has 2 heterocycles. The van der Waals surface area contributed by atoms with Crippen LogP contribution in [0.4, 0.5) is 4.79 Å². The molecule has 122 valence electrons. The third kappa shape index (κ3) is 4.53. The van der Waals surface area contributed by atoms with Crippen molar-refractivity contribution in [1.82, 2.24) is 14.5 Å². The van der Waals surface area contributed by atoms with Crippen molar-refractivity contribution >= 4 is 16.1 Å². The van der Waals surface area contributed by atoms with Crippen LogP contribution < -0.4 is 5.32 Å². The molecule has 2 amide bonds. The Hall–Kier alpha value is -0.900. The van der Waals surface area contributed by atoms with Crippen LogP contribution in [0.3, 0.4) is 0 Å². The maximum Gasteiger partial charge on any atom is 0.317 e. The number of piperazine rings is 1. The standard InChI is InChI=1S/C12H23N3O5S/c1-2-21(17,18)15-5-3-14(4-6-15)12(16)13-9-11-10-19-7-8-20-11/h11H,2-10H2,1H3,(H,13,16). The summed E-state index contributed by atoms with van der Waals surface area (Å²) in [7, 11) is -3.16. The van der Waals surface area contributed by atoms with Crippen molar-refractivity contribution in [2.24, 2.45) is 0 Å². The van der Waals surface area contributed by atoms with Gasteiger partial charge >= 0.3 is 6.03 Å². The van der Waals surface area contributed by atoms with E-state index in [2.05, 4.69) is 5.32 Å². The van der Waals surface area contributed by atoms with Crippen molar-refractivity contribution in [3.8, 4) is 0 Å². The van der Waals surface area contributed by atoms with Crippen molar-refractivity contribution in [2.75, 3.05) is 58.3 Å². The Bertz CT molecular complexity index is 442. The van der Waals surface area contributed by atoms with E-state index in [1.807, 2.05) is 0 Å². The minimum Gasteiger partial charge on any atom is -0.376 e. The summed E-state index contributed by atoms with van der Waals surface area (Å²) in [6, 6.07) is -0.183. The fraction of sp³-hybridized carbons (Fsp3) is 0.917. The SMILES string of the molecule is CCS(=O)(=O)N1CCN(C(=O)NCC2COCCO2)CC1. The average molecular weight is 321 g/mol. The summed E-state index contributed by atoms with van der Waals surface area (Å²) in [5.74, 6) is 0.0955. The van der Waals surface area contributed by atoms with Gasteiger partial charge in [-0.2, -0.15) is 4.31 Å². The summed E-state index contributed by atoms with van der Waals surface area (Å²) in [4.78, 5) is 13.6. The lowest BCUT2D eigenvalue weighted by Crippen LogP contribution is -2.54. The molecule has 2 aliphatic rings. The summed E-state index contributed by atoms with van der Waals surface area (Å²) in [6.45, 7) is 5.20. The highest BCUT2D eigenvalue weighted by Crippen LogP contribution is 2.08. The second-order valence-electron chi connectivity index (χ2n) is 5.04. The number of urea groups is 1. The molecule has 0 bridgehead atoms. The van der Waals surface area contributed by atoms with E-state index in [-0.39, 0.29) is 17.9 Å². The summed E-state index contributed by atoms with van der Waals surface area (Å²) < 4.78 is 35.6. The molecule has 2 rings (SSSR count). The van der Waals surface area contributed by atoms with Gasteiger partial charge in [0.25, 0.3) is 0 Å². The normalized spacial score (nSPS) is 24.8. The quantitative estimate of drug-likeness (QED) is 0.723. The zero-order valence-electron chi connectivity index (χ0n) is 12.3. The van der Waals surface area contributed by atoms with Crippen molar-refractivity contribution in [1.29, 1.82) is 0 Å². The first-order chi connectivity index (χ1) is 10.0. The van der Waals surface area contributed by atoms with Crippen molar-refractivity contribution in [3.63, 3.8) is 0 Å². The number of rotatable bonds is 4. The van der Waals surface area contributed by atoms with Crippen LogP contribution in [-0.4, -0.2) is 88.1 Å². The Morgan fingerprint density at radius 2 is 1.95 bits per heavy atom. The number of ether oxygens (including phenoxy) is 2. The zero-order valence-corrected chi connectivity index (χ0v) is 13.1. The summed E-state index contributed by atoms with van der Waals surface area (Å²) >= 11 is 0. The molecule has 21 heavy (non-hydrogen) atoms. The number of nitrogens with zero attached hydrogens (tertiary/aromatic N) is 2. The molecule has 0 aromatic heterocycles. The molecular formula is C12H23N3O5S. The Morgan fingerprint density at radius 1 is 1.24 bits per heavy atom. The van der Waals surface area contributed by atoms with Gasteiger partial charge in [-0.1, -0.05) is 0 Å². The second kappa shape index (κ2) is 7.39. The van der Waals surface area contributed by atoms with Crippen LogP contribution in [0.15, 0.2) is 0 Å². The Kier molecular flexibility index (Phi) is 5.80. The highest BCUT2D eigenvalue weighted by Gasteiger charge is 2.27. The number of amides is 2. The highest BCUT2D eigenvalue weighted by molar-refractivity contribution is 7.89. The van der Waals surface area contributed by atoms with Crippen LogP contribution in [-0.2, 0) is 19.5 Å². The van der Waals surface area contributed by atoms with E-state index >= 15 is 0 Å². The van der Waals surface area contributed by atoms with Crippen LogP contribution in [0.2, 0.25) is 0 Å². The van der Waals surface area contributed by atoms with Crippen molar-refractivity contribution in [3.05, 3.63) is 0 Å². The van der Waals surface area contributed by atoms with Gasteiger partial charge in [-0.25, -0.2) is 13.2 Å². The minimum absolute atomic E-state index is 0.0955. The van der Waals surface area contributed by atoms with Crippen LogP contribution in [0.25, 0.3) is 0 Å². The Labute approximate surface area is 125 Å². The maximum atomic E-state index is 12.0. The number of carbonyl (C=O) groups excluding carboxylic acids is 1. The second-order valence-corrected chi connectivity index (χ2v) is 7.30. The monoisotopic (exact) mass is 321 g/mol. The van der Waals surface area contributed by atoms with Crippen LogP contribution in [0.1, 0.15) is 6.92 Å². The Morgan fingerprint density at radius 3 is 2.52 bits per heavy atom. The molecule has 0 radical (unpaired) electrons. The van der Waals surface area contributed by atoms with Crippen LogP contribution in [0.5, 0.6) is 0 Å². The molecule has 0 aliphatic carbocycles. The van der Waals surface area contributed by atoms with E-state index in [9.17, 15) is 13.2 Å². The smallest absolute Gasteiger partial charge is 0.317 e. The zero-order chi connectivity index (χ0) is 15.3. The molecule has 9 heteroatoms. The molecule has 2 fully saturated rings. The maximum absolute atomic E-state index is 12.0. The largest absolute Gasteiger partial charge is 0.376 e. The van der Waals surface area contributed by atoms with Gasteiger partial charge in [0.15, 0.2) is 0 Å². The van der Waals surface area contributed by atoms with Gasteiger partial charge in [0.2, 0.25) is 10.0 Å². The predicted molar refractivity (Wildman–Crippen MR) is 76.6 cm³/mol. The lowest BCUT2D eigenvalue weighted by Gasteiger charge is -2.34. The number of hydrogen-bond acceptors (Lipinski definition) is 5. The number of carbonyl (C=O) groups is 1. The fourth-order valence-electron chi connectivity index (χ4n) is 2.32. The molecule has 1 N–H and O–H groups in total. The van der Waals surface area contributed by atoms with Crippen LogP contribution >= 0.6 is 0 Å². The van der Waals surface area contributed by atoms with Gasteiger partial charge in [-0.05, 0) is 6.92 Å². The predicted octanol–water partition coefficient (Wildman–Crippen LogP) is -0.921. The van der Waals surface area contributed by atoms with Crippen molar-refractivity contribution in [2.45, 2.75) is 13.0 Å². The van der Waals surface area contributed by atoms with Crippen LogP contribution in [0, 0.1) is 0 Å². The third-order valence-corrected chi connectivity index (χ3v) is 5.53. The first-order valence-electron chi connectivity index (χ1n) is 7.23. The molecule has 2 saturated heterocycles. The Balaban J connectivity index is 1.72. The van der Waals surface area contributed by atoms with E-state index in [1.54, 1.807) is 11.8 Å². The van der Waals surface area contributed by atoms with E-state index in [0.29, 0.717) is 52.5 Å². The molecule has 2 aliphatic heterocycles. The number of hydrogen-bond donors (Lipinski definition) is 1. The van der Waals surface area contributed by atoms with Gasteiger partial charge in [0, 0.05) is 32.7 Å². The summed E-state index contributed by atoms with van der Waals surface area (Å²) in [5, 5.41) is 2.80. The van der Waals surface area contributed by atoms with Gasteiger partial charge < -0.3 is 19.7 Å².